The molecule has 1 heterocycles. The number of nitrogens with one attached hydrogen (secondary N) is 1. The van der Waals surface area contributed by atoms with E-state index in [1.807, 2.05) is 6.92 Å². The maximum atomic E-state index is 14.1. The lowest BCUT2D eigenvalue weighted by Crippen LogP contribution is -2.42. The topological polar surface area (TPSA) is 58.6 Å². The van der Waals surface area contributed by atoms with Crippen LogP contribution in [0.1, 0.15) is 31.4 Å². The van der Waals surface area contributed by atoms with Gasteiger partial charge in [0.25, 0.3) is 0 Å². The summed E-state index contributed by atoms with van der Waals surface area (Å²) in [5.41, 5.74) is 0.505. The Kier molecular flexibility index (Phi) is 6.00. The number of halogens is 1. The summed E-state index contributed by atoms with van der Waals surface area (Å²) in [4.78, 5) is 0. The molecule has 0 radical (unpaired) electrons. The van der Waals surface area contributed by atoms with Crippen LogP contribution in [0.4, 0.5) is 4.39 Å². The number of benzene rings is 1. The molecular formula is C16H25FN2O3S. The SMILES string of the molecule is COc1cccc(F)c1[C@H](C)NC[C@@H]1CCCN(S(C)(=O)=O)C1. The Morgan fingerprint density at radius 3 is 2.87 bits per heavy atom. The van der Waals surface area contributed by atoms with Crippen molar-refractivity contribution in [3.05, 3.63) is 29.6 Å². The van der Waals surface area contributed by atoms with Gasteiger partial charge < -0.3 is 10.1 Å². The van der Waals surface area contributed by atoms with Crippen molar-refractivity contribution < 1.29 is 17.5 Å². The van der Waals surface area contributed by atoms with Crippen molar-refractivity contribution in [1.82, 2.24) is 9.62 Å². The van der Waals surface area contributed by atoms with Gasteiger partial charge >= 0.3 is 0 Å². The Bertz CT molecular complexity index is 636. The molecule has 1 aliphatic rings. The average molecular weight is 344 g/mol. The van der Waals surface area contributed by atoms with Gasteiger partial charge in [0.1, 0.15) is 11.6 Å². The zero-order chi connectivity index (χ0) is 17.0. The van der Waals surface area contributed by atoms with E-state index in [1.54, 1.807) is 12.1 Å². The fourth-order valence-corrected chi connectivity index (χ4v) is 4.00. The van der Waals surface area contributed by atoms with Crippen molar-refractivity contribution in [2.45, 2.75) is 25.8 Å². The molecule has 1 aromatic carbocycles. The number of methoxy groups -OCH3 is 1. The van der Waals surface area contributed by atoms with E-state index in [9.17, 15) is 12.8 Å². The lowest BCUT2D eigenvalue weighted by molar-refractivity contribution is 0.255. The van der Waals surface area contributed by atoms with Crippen LogP contribution in [0.5, 0.6) is 5.75 Å². The summed E-state index contributed by atoms with van der Waals surface area (Å²) in [5.74, 6) is 0.454. The largest absolute Gasteiger partial charge is 0.496 e. The second kappa shape index (κ2) is 7.59. The van der Waals surface area contributed by atoms with E-state index in [2.05, 4.69) is 5.32 Å². The fourth-order valence-electron chi connectivity index (χ4n) is 3.06. The molecule has 1 aromatic rings. The Labute approximate surface area is 137 Å². The summed E-state index contributed by atoms with van der Waals surface area (Å²) >= 11 is 0. The number of nitrogens with zero attached hydrogens (tertiary/aromatic N) is 1. The maximum Gasteiger partial charge on any atom is 0.211 e. The van der Waals surface area contributed by atoms with Gasteiger partial charge in [-0.2, -0.15) is 0 Å². The van der Waals surface area contributed by atoms with Gasteiger partial charge in [-0.15, -0.1) is 0 Å². The predicted octanol–water partition coefficient (Wildman–Crippen LogP) is 2.16. The zero-order valence-corrected chi connectivity index (χ0v) is 14.7. The van der Waals surface area contributed by atoms with Gasteiger partial charge in [0, 0.05) is 24.7 Å². The molecule has 7 heteroatoms. The molecule has 23 heavy (non-hydrogen) atoms. The minimum absolute atomic E-state index is 0.209. The molecule has 130 valence electrons. The zero-order valence-electron chi connectivity index (χ0n) is 13.9. The van der Waals surface area contributed by atoms with Crippen molar-refractivity contribution in [2.24, 2.45) is 5.92 Å². The van der Waals surface area contributed by atoms with Crippen LogP contribution >= 0.6 is 0 Å². The van der Waals surface area contributed by atoms with Gasteiger partial charge in [-0.1, -0.05) is 6.07 Å². The van der Waals surface area contributed by atoms with E-state index in [1.165, 1.54) is 23.7 Å². The summed E-state index contributed by atoms with van der Waals surface area (Å²) < 4.78 is 44.1. The minimum Gasteiger partial charge on any atom is -0.496 e. The number of sulfonamides is 1. The number of rotatable bonds is 6. The van der Waals surface area contributed by atoms with Crippen LogP contribution in [0.15, 0.2) is 18.2 Å². The van der Waals surface area contributed by atoms with Gasteiger partial charge in [-0.05, 0) is 44.4 Å². The number of hydrogen-bond acceptors (Lipinski definition) is 4. The highest BCUT2D eigenvalue weighted by molar-refractivity contribution is 7.88. The number of piperidine rings is 1. The Hall–Kier alpha value is -1.18. The molecule has 0 saturated carbocycles. The number of ether oxygens (including phenoxy) is 1. The molecule has 5 nitrogen and oxygen atoms in total. The van der Waals surface area contributed by atoms with Gasteiger partial charge in [-0.25, -0.2) is 17.1 Å². The van der Waals surface area contributed by atoms with Gasteiger partial charge in [0.05, 0.1) is 13.4 Å². The highest BCUT2D eigenvalue weighted by atomic mass is 32.2. The second-order valence-corrected chi connectivity index (χ2v) is 8.10. The average Bonchev–Trinajstić information content (AvgIpc) is 2.51. The summed E-state index contributed by atoms with van der Waals surface area (Å²) in [6.45, 7) is 3.64. The molecule has 0 spiro atoms. The third-order valence-electron chi connectivity index (χ3n) is 4.33. The third-order valence-corrected chi connectivity index (χ3v) is 5.60. The third kappa shape index (κ3) is 4.65. The van der Waals surface area contributed by atoms with Crippen molar-refractivity contribution in [2.75, 3.05) is 33.0 Å². The van der Waals surface area contributed by atoms with Crippen LogP contribution in [0, 0.1) is 11.7 Å². The molecule has 1 saturated heterocycles. The standard InChI is InChI=1S/C16H25FN2O3S/c1-12(16-14(17)7-4-8-15(16)22-2)18-10-13-6-5-9-19(11-13)23(3,20)21/h4,7-8,12-13,18H,5-6,9-11H2,1-3H3/t12-,13-/m0/s1. The summed E-state index contributed by atoms with van der Waals surface area (Å²) in [7, 11) is -1.62. The predicted molar refractivity (Wildman–Crippen MR) is 88.5 cm³/mol. The monoisotopic (exact) mass is 344 g/mol. The Morgan fingerprint density at radius 1 is 1.48 bits per heavy atom. The molecule has 2 rings (SSSR count). The first-order chi connectivity index (χ1) is 10.8. The second-order valence-electron chi connectivity index (χ2n) is 6.11. The van der Waals surface area contributed by atoms with Crippen molar-refractivity contribution in [1.29, 1.82) is 0 Å². The molecule has 0 aliphatic carbocycles. The molecule has 0 bridgehead atoms. The van der Waals surface area contributed by atoms with Crippen LogP contribution in [-0.2, 0) is 10.0 Å². The van der Waals surface area contributed by atoms with Gasteiger partial charge in [-0.3, -0.25) is 0 Å². The van der Waals surface area contributed by atoms with E-state index in [-0.39, 0.29) is 17.8 Å². The van der Waals surface area contributed by atoms with Crippen LogP contribution < -0.4 is 10.1 Å². The van der Waals surface area contributed by atoms with Crippen LogP contribution in [0.2, 0.25) is 0 Å². The first-order valence-corrected chi connectivity index (χ1v) is 9.68. The van der Waals surface area contributed by atoms with Crippen LogP contribution in [-0.4, -0.2) is 45.7 Å². The van der Waals surface area contributed by atoms with E-state index >= 15 is 0 Å². The van der Waals surface area contributed by atoms with E-state index in [0.29, 0.717) is 30.9 Å². The summed E-state index contributed by atoms with van der Waals surface area (Å²) in [6, 6.07) is 4.57. The molecule has 1 aliphatic heterocycles. The molecule has 1 fully saturated rings. The molecule has 0 aromatic heterocycles. The highest BCUT2D eigenvalue weighted by Crippen LogP contribution is 2.28. The normalized spacial score (nSPS) is 21.1. The van der Waals surface area contributed by atoms with Gasteiger partial charge in [0.15, 0.2) is 0 Å². The van der Waals surface area contributed by atoms with E-state index < -0.39 is 10.0 Å². The van der Waals surface area contributed by atoms with Crippen molar-refractivity contribution in [3.8, 4) is 5.75 Å². The molecule has 1 N–H and O–H groups in total. The molecule has 2 atom stereocenters. The quantitative estimate of drug-likeness (QED) is 0.859. The lowest BCUT2D eigenvalue weighted by atomic mass is 9.98. The first kappa shape index (κ1) is 18.2. The molecule has 0 amide bonds. The molecule has 0 unspecified atom stereocenters. The summed E-state index contributed by atoms with van der Waals surface area (Å²) in [5, 5.41) is 3.31. The molecular weight excluding hydrogens is 319 g/mol. The van der Waals surface area contributed by atoms with Crippen LogP contribution in [0.3, 0.4) is 0 Å². The summed E-state index contributed by atoms with van der Waals surface area (Å²) in [6.07, 6.45) is 3.08. The maximum absolute atomic E-state index is 14.1. The lowest BCUT2D eigenvalue weighted by Gasteiger charge is -2.32. The Balaban J connectivity index is 1.98. The smallest absolute Gasteiger partial charge is 0.211 e. The van der Waals surface area contributed by atoms with Crippen molar-refractivity contribution >= 4 is 10.0 Å². The van der Waals surface area contributed by atoms with Gasteiger partial charge in [0.2, 0.25) is 10.0 Å². The highest BCUT2D eigenvalue weighted by Gasteiger charge is 2.26. The van der Waals surface area contributed by atoms with Crippen molar-refractivity contribution in [3.63, 3.8) is 0 Å². The van der Waals surface area contributed by atoms with E-state index in [0.717, 1.165) is 12.8 Å². The fraction of sp³-hybridized carbons (Fsp3) is 0.625. The first-order valence-electron chi connectivity index (χ1n) is 7.83. The number of hydrogen-bond donors (Lipinski definition) is 1. The van der Waals surface area contributed by atoms with Crippen LogP contribution in [0.25, 0.3) is 0 Å². The Morgan fingerprint density at radius 2 is 2.22 bits per heavy atom. The van der Waals surface area contributed by atoms with E-state index in [4.69, 9.17) is 4.74 Å². The minimum atomic E-state index is -3.14.